The van der Waals surface area contributed by atoms with Gasteiger partial charge in [-0.2, -0.15) is 0 Å². The van der Waals surface area contributed by atoms with Gasteiger partial charge in [-0.25, -0.2) is 13.6 Å². The zero-order chi connectivity index (χ0) is 19.6. The van der Waals surface area contributed by atoms with Crippen molar-refractivity contribution in [1.29, 1.82) is 0 Å². The van der Waals surface area contributed by atoms with E-state index >= 15 is 0 Å². The van der Waals surface area contributed by atoms with Crippen LogP contribution in [0.15, 0.2) is 36.7 Å². The summed E-state index contributed by atoms with van der Waals surface area (Å²) in [6.45, 7) is 9.09. The van der Waals surface area contributed by atoms with E-state index < -0.39 is 18.6 Å². The third kappa shape index (κ3) is 3.84. The minimum Gasteiger partial charge on any atom is -0.491 e. The lowest BCUT2D eigenvalue weighted by Gasteiger charge is -2.26. The molecule has 1 fully saturated rings. The highest BCUT2D eigenvalue weighted by atomic mass is 19.3. The molecule has 0 aromatic heterocycles. The fourth-order valence-electron chi connectivity index (χ4n) is 3.20. The van der Waals surface area contributed by atoms with Gasteiger partial charge in [-0.05, 0) is 26.0 Å². The molecule has 1 unspecified atom stereocenters. The van der Waals surface area contributed by atoms with Crippen LogP contribution in [0.5, 0.6) is 5.75 Å². The summed E-state index contributed by atoms with van der Waals surface area (Å²) in [5.41, 5.74) is 2.80. The minimum atomic E-state index is -2.68. The van der Waals surface area contributed by atoms with Crippen molar-refractivity contribution in [1.82, 2.24) is 9.80 Å². The average molecular weight is 379 g/mol. The molecule has 8 heteroatoms. The Morgan fingerprint density at radius 1 is 1.44 bits per heavy atom. The summed E-state index contributed by atoms with van der Waals surface area (Å²) in [4.78, 5) is 14.7. The highest BCUT2D eigenvalue weighted by Gasteiger charge is 2.40. The van der Waals surface area contributed by atoms with Gasteiger partial charge in [-0.15, -0.1) is 0 Å². The first-order valence-corrected chi connectivity index (χ1v) is 8.81. The number of cyclic esters (lactones) is 1. The Morgan fingerprint density at radius 3 is 2.93 bits per heavy atom. The number of carbonyl (C=O) groups is 1. The molecule has 2 aliphatic heterocycles. The van der Waals surface area contributed by atoms with Crippen LogP contribution in [0.2, 0.25) is 0 Å². The summed E-state index contributed by atoms with van der Waals surface area (Å²) in [5.74, 6) is 0.707. The zero-order valence-corrected chi connectivity index (χ0v) is 15.4. The van der Waals surface area contributed by atoms with E-state index in [9.17, 15) is 13.6 Å². The number of amides is 1. The number of hydrogen-bond acceptors (Lipinski definition) is 5. The lowest BCUT2D eigenvalue weighted by atomic mass is 10.1. The van der Waals surface area contributed by atoms with Gasteiger partial charge in [0.2, 0.25) is 0 Å². The van der Waals surface area contributed by atoms with Crippen LogP contribution >= 0.6 is 0 Å². The number of nitrogens with one attached hydrogen (secondary N) is 1. The third-order valence-electron chi connectivity index (χ3n) is 4.53. The van der Waals surface area contributed by atoms with Crippen molar-refractivity contribution in [3.05, 3.63) is 42.2 Å². The number of alkyl halides is 2. The van der Waals surface area contributed by atoms with Gasteiger partial charge in [0.1, 0.15) is 25.0 Å². The molecule has 1 amide bonds. The molecule has 2 aliphatic rings. The van der Waals surface area contributed by atoms with Crippen LogP contribution in [0, 0.1) is 0 Å². The molecule has 1 aromatic rings. The van der Waals surface area contributed by atoms with Crippen LogP contribution in [0.1, 0.15) is 19.4 Å². The molecule has 1 atom stereocenters. The standard InChI is InChI=1S/C19H23F2N3O3/c1-4-22-14-5-6-15-13(3)23(7-8-26-17(15)9-14)10-12(2)24-16(18(20)21)11-27-19(24)25/h5-6,9-10,16,18,22H,3-4,7-8,11H2,1-2H3/b12-10+. The quantitative estimate of drug-likeness (QED) is 0.845. The van der Waals surface area contributed by atoms with E-state index in [1.165, 1.54) is 0 Å². The summed E-state index contributed by atoms with van der Waals surface area (Å²) in [5, 5.41) is 3.23. The van der Waals surface area contributed by atoms with Crippen LogP contribution in [-0.4, -0.2) is 54.7 Å². The van der Waals surface area contributed by atoms with Crippen LogP contribution < -0.4 is 10.1 Å². The van der Waals surface area contributed by atoms with Crippen molar-refractivity contribution in [2.45, 2.75) is 26.3 Å². The van der Waals surface area contributed by atoms with Crippen molar-refractivity contribution in [2.24, 2.45) is 0 Å². The molecule has 1 aromatic carbocycles. The molecule has 0 saturated carbocycles. The maximum absolute atomic E-state index is 13.2. The van der Waals surface area contributed by atoms with Crippen molar-refractivity contribution >= 4 is 17.5 Å². The number of hydrogen-bond donors (Lipinski definition) is 1. The highest BCUT2D eigenvalue weighted by molar-refractivity contribution is 5.74. The molecule has 0 bridgehead atoms. The number of fused-ring (bicyclic) bond motifs is 1. The predicted molar refractivity (Wildman–Crippen MR) is 98.6 cm³/mol. The van der Waals surface area contributed by atoms with Gasteiger partial charge < -0.3 is 19.7 Å². The van der Waals surface area contributed by atoms with Crippen LogP contribution in [-0.2, 0) is 4.74 Å². The van der Waals surface area contributed by atoms with E-state index in [0.717, 1.165) is 22.7 Å². The minimum absolute atomic E-state index is 0.318. The summed E-state index contributed by atoms with van der Waals surface area (Å²) in [7, 11) is 0. The Hall–Kier alpha value is -2.77. The molecule has 1 saturated heterocycles. The zero-order valence-electron chi connectivity index (χ0n) is 15.4. The van der Waals surface area contributed by atoms with Crippen LogP contribution in [0.25, 0.3) is 5.70 Å². The molecule has 6 nitrogen and oxygen atoms in total. The lowest BCUT2D eigenvalue weighted by Crippen LogP contribution is -2.38. The number of rotatable bonds is 5. The summed E-state index contributed by atoms with van der Waals surface area (Å²) >= 11 is 0. The van der Waals surface area contributed by atoms with Crippen LogP contribution in [0.4, 0.5) is 19.3 Å². The fourth-order valence-corrected chi connectivity index (χ4v) is 3.20. The summed E-state index contributed by atoms with van der Waals surface area (Å²) in [6.07, 6.45) is -1.80. The van der Waals surface area contributed by atoms with Crippen molar-refractivity contribution in [2.75, 3.05) is 31.6 Å². The fraction of sp³-hybridized carbons (Fsp3) is 0.421. The number of nitrogens with zero attached hydrogens (tertiary/aromatic N) is 2. The first-order chi connectivity index (χ1) is 12.9. The van der Waals surface area contributed by atoms with E-state index in [1.807, 2.05) is 30.0 Å². The number of anilines is 1. The van der Waals surface area contributed by atoms with Gasteiger partial charge in [0, 0.05) is 41.5 Å². The van der Waals surface area contributed by atoms with Gasteiger partial charge >= 0.3 is 6.09 Å². The van der Waals surface area contributed by atoms with Gasteiger partial charge in [0.25, 0.3) is 6.43 Å². The monoisotopic (exact) mass is 379 g/mol. The smallest absolute Gasteiger partial charge is 0.414 e. The van der Waals surface area contributed by atoms with Gasteiger partial charge in [0.15, 0.2) is 0 Å². The molecule has 3 rings (SSSR count). The maximum Gasteiger partial charge on any atom is 0.414 e. The Labute approximate surface area is 157 Å². The number of ether oxygens (including phenoxy) is 2. The molecular formula is C19H23F2N3O3. The van der Waals surface area contributed by atoms with E-state index in [0.29, 0.717) is 30.3 Å². The molecule has 2 heterocycles. The molecule has 0 spiro atoms. The Balaban J connectivity index is 1.85. The predicted octanol–water partition coefficient (Wildman–Crippen LogP) is 3.73. The van der Waals surface area contributed by atoms with E-state index in [4.69, 9.17) is 9.47 Å². The van der Waals surface area contributed by atoms with E-state index in [2.05, 4.69) is 11.9 Å². The Morgan fingerprint density at radius 2 is 2.22 bits per heavy atom. The number of allylic oxidation sites excluding steroid dienone is 1. The van der Waals surface area contributed by atoms with Gasteiger partial charge in [0.05, 0.1) is 6.54 Å². The van der Waals surface area contributed by atoms with Crippen molar-refractivity contribution in [3.63, 3.8) is 0 Å². The van der Waals surface area contributed by atoms with E-state index in [1.54, 1.807) is 13.1 Å². The molecule has 1 N–H and O–H groups in total. The maximum atomic E-state index is 13.2. The Kier molecular flexibility index (Phi) is 5.53. The molecule has 0 radical (unpaired) electrons. The first-order valence-electron chi connectivity index (χ1n) is 8.81. The van der Waals surface area contributed by atoms with Crippen molar-refractivity contribution in [3.8, 4) is 5.75 Å². The normalized spacial score (nSPS) is 20.3. The van der Waals surface area contributed by atoms with Gasteiger partial charge in [-0.3, -0.25) is 4.90 Å². The largest absolute Gasteiger partial charge is 0.491 e. The van der Waals surface area contributed by atoms with Gasteiger partial charge in [-0.1, -0.05) is 6.58 Å². The molecular weight excluding hydrogens is 356 g/mol. The van der Waals surface area contributed by atoms with E-state index in [-0.39, 0.29) is 6.61 Å². The number of halogens is 2. The molecule has 27 heavy (non-hydrogen) atoms. The average Bonchev–Trinajstić information content (AvgIpc) is 2.95. The third-order valence-corrected chi connectivity index (χ3v) is 4.53. The SMILES string of the molecule is C=C1c2ccc(NCC)cc2OCCN1/C=C(\C)N1C(=O)OCC1C(F)F. The number of carbonyl (C=O) groups excluding carboxylic acids is 1. The number of benzene rings is 1. The molecule has 146 valence electrons. The lowest BCUT2D eigenvalue weighted by molar-refractivity contribution is 0.0696. The summed E-state index contributed by atoms with van der Waals surface area (Å²) < 4.78 is 37.0. The highest BCUT2D eigenvalue weighted by Crippen LogP contribution is 2.33. The second kappa shape index (κ2) is 7.85. The molecule has 0 aliphatic carbocycles. The van der Waals surface area contributed by atoms with Crippen molar-refractivity contribution < 1.29 is 23.0 Å². The Bertz CT molecular complexity index is 767. The topological polar surface area (TPSA) is 54.0 Å². The second-order valence-electron chi connectivity index (χ2n) is 6.35. The first kappa shape index (κ1) is 19.0. The van der Waals surface area contributed by atoms with Crippen LogP contribution in [0.3, 0.4) is 0 Å². The second-order valence-corrected chi connectivity index (χ2v) is 6.35. The summed E-state index contributed by atoms with van der Waals surface area (Å²) in [6, 6.07) is 4.47.